The number of nitrogens with zero attached hydrogens (tertiary/aromatic N) is 2. The van der Waals surface area contributed by atoms with Crippen molar-refractivity contribution >= 4 is 22.4 Å². The van der Waals surface area contributed by atoms with E-state index < -0.39 is 5.97 Å². The second kappa shape index (κ2) is 4.79. The van der Waals surface area contributed by atoms with Crippen LogP contribution in [0.1, 0.15) is 10.5 Å². The molecule has 2 rings (SSSR count). The van der Waals surface area contributed by atoms with Gasteiger partial charge in [0, 0.05) is 12.3 Å². The topological polar surface area (TPSA) is 87.3 Å². The van der Waals surface area contributed by atoms with Gasteiger partial charge < -0.3 is 15.2 Å². The molecule has 0 fully saturated rings. The van der Waals surface area contributed by atoms with Crippen molar-refractivity contribution in [3.63, 3.8) is 0 Å². The number of hydrogen-bond acceptors (Lipinski definition) is 7. The maximum atomic E-state index is 11.3. The molecule has 0 atom stereocenters. The summed E-state index contributed by atoms with van der Waals surface area (Å²) in [6.07, 6.45) is 2.98. The fourth-order valence-corrected chi connectivity index (χ4v) is 1.68. The van der Waals surface area contributed by atoms with E-state index in [0.717, 1.165) is 0 Å². The van der Waals surface area contributed by atoms with Crippen molar-refractivity contribution in [3.8, 4) is 10.8 Å². The number of hydrogen-bond donors (Lipinski definition) is 1. The van der Waals surface area contributed by atoms with Crippen LogP contribution in [0.4, 0.5) is 5.13 Å². The van der Waals surface area contributed by atoms with E-state index in [1.165, 1.54) is 36.9 Å². The SMILES string of the molecule is COC(=O)c1cc(Oc2cnc(N)s2)ccn1. The highest BCUT2D eigenvalue weighted by atomic mass is 32.1. The first-order valence-electron chi connectivity index (χ1n) is 4.62. The molecule has 88 valence electrons. The van der Waals surface area contributed by atoms with Crippen LogP contribution in [0.5, 0.6) is 10.8 Å². The molecular weight excluding hydrogens is 242 g/mol. The van der Waals surface area contributed by atoms with Gasteiger partial charge in [0.1, 0.15) is 5.75 Å². The number of pyridine rings is 1. The van der Waals surface area contributed by atoms with Crippen LogP contribution >= 0.6 is 11.3 Å². The largest absolute Gasteiger partial charge is 0.464 e. The molecule has 0 aliphatic carbocycles. The van der Waals surface area contributed by atoms with Gasteiger partial charge in [-0.1, -0.05) is 11.3 Å². The zero-order valence-electron chi connectivity index (χ0n) is 8.91. The first-order chi connectivity index (χ1) is 8.19. The van der Waals surface area contributed by atoms with Crippen molar-refractivity contribution < 1.29 is 14.3 Å². The summed E-state index contributed by atoms with van der Waals surface area (Å²) in [4.78, 5) is 19.0. The van der Waals surface area contributed by atoms with E-state index in [9.17, 15) is 4.79 Å². The summed E-state index contributed by atoms with van der Waals surface area (Å²) in [6.45, 7) is 0. The number of aromatic nitrogens is 2. The van der Waals surface area contributed by atoms with Crippen molar-refractivity contribution in [2.75, 3.05) is 12.8 Å². The van der Waals surface area contributed by atoms with Crippen molar-refractivity contribution in [3.05, 3.63) is 30.2 Å². The summed E-state index contributed by atoms with van der Waals surface area (Å²) in [7, 11) is 1.29. The molecule has 0 spiro atoms. The molecule has 0 unspecified atom stereocenters. The minimum Gasteiger partial charge on any atom is -0.464 e. The summed E-state index contributed by atoms with van der Waals surface area (Å²) in [6, 6.07) is 3.12. The summed E-state index contributed by atoms with van der Waals surface area (Å²) in [5.74, 6) is -0.0386. The molecule has 7 heteroatoms. The lowest BCUT2D eigenvalue weighted by molar-refractivity contribution is 0.0593. The quantitative estimate of drug-likeness (QED) is 0.835. The average Bonchev–Trinajstić information content (AvgIpc) is 2.74. The van der Waals surface area contributed by atoms with Gasteiger partial charge in [0.05, 0.1) is 13.3 Å². The number of carbonyl (C=O) groups excluding carboxylic acids is 1. The molecule has 0 radical (unpaired) electrons. The predicted octanol–water partition coefficient (Wildman–Crippen LogP) is 1.70. The Labute approximate surface area is 101 Å². The molecule has 0 saturated carbocycles. The molecule has 6 nitrogen and oxygen atoms in total. The van der Waals surface area contributed by atoms with Crippen LogP contribution in [-0.4, -0.2) is 23.0 Å². The molecule has 2 aromatic heterocycles. The Morgan fingerprint density at radius 1 is 1.47 bits per heavy atom. The number of thiazole rings is 1. The highest BCUT2D eigenvalue weighted by molar-refractivity contribution is 7.17. The molecule has 0 aliphatic rings. The normalized spacial score (nSPS) is 9.94. The lowest BCUT2D eigenvalue weighted by Gasteiger charge is -2.03. The fourth-order valence-electron chi connectivity index (χ4n) is 1.13. The molecule has 2 N–H and O–H groups in total. The van der Waals surface area contributed by atoms with E-state index in [4.69, 9.17) is 10.5 Å². The highest BCUT2D eigenvalue weighted by Crippen LogP contribution is 2.28. The Morgan fingerprint density at radius 3 is 2.94 bits per heavy atom. The number of ether oxygens (including phenoxy) is 2. The summed E-state index contributed by atoms with van der Waals surface area (Å²) >= 11 is 1.21. The van der Waals surface area contributed by atoms with E-state index in [0.29, 0.717) is 15.9 Å². The summed E-state index contributed by atoms with van der Waals surface area (Å²) in [5, 5.41) is 0.965. The second-order valence-corrected chi connectivity index (χ2v) is 4.01. The summed E-state index contributed by atoms with van der Waals surface area (Å²) < 4.78 is 10.0. The van der Waals surface area contributed by atoms with Crippen LogP contribution in [0.25, 0.3) is 0 Å². The second-order valence-electron chi connectivity index (χ2n) is 2.99. The number of rotatable bonds is 3. The Hall–Kier alpha value is -2.15. The maximum Gasteiger partial charge on any atom is 0.356 e. The van der Waals surface area contributed by atoms with Crippen LogP contribution in [0.15, 0.2) is 24.5 Å². The number of nitrogen functional groups attached to an aromatic ring is 1. The third-order valence-corrected chi connectivity index (χ3v) is 2.55. The number of nitrogens with two attached hydrogens (primary N) is 1. The lowest BCUT2D eigenvalue weighted by atomic mass is 10.3. The van der Waals surface area contributed by atoms with E-state index in [1.54, 1.807) is 6.07 Å². The van der Waals surface area contributed by atoms with Gasteiger partial charge in [-0.25, -0.2) is 14.8 Å². The van der Waals surface area contributed by atoms with Crippen molar-refractivity contribution in [1.82, 2.24) is 9.97 Å². The van der Waals surface area contributed by atoms with Gasteiger partial charge in [-0.3, -0.25) is 0 Å². The number of carbonyl (C=O) groups is 1. The molecule has 0 aliphatic heterocycles. The maximum absolute atomic E-state index is 11.3. The van der Waals surface area contributed by atoms with Crippen LogP contribution in [-0.2, 0) is 4.74 Å². The summed E-state index contributed by atoms with van der Waals surface area (Å²) in [5.41, 5.74) is 5.66. The molecule has 17 heavy (non-hydrogen) atoms. The Balaban J connectivity index is 2.19. The zero-order chi connectivity index (χ0) is 12.3. The molecule has 2 aromatic rings. The molecule has 0 aromatic carbocycles. The van der Waals surface area contributed by atoms with E-state index >= 15 is 0 Å². The van der Waals surface area contributed by atoms with E-state index in [2.05, 4.69) is 14.7 Å². The van der Waals surface area contributed by atoms with Crippen LogP contribution < -0.4 is 10.5 Å². The third-order valence-electron chi connectivity index (χ3n) is 1.85. The number of methoxy groups -OCH3 is 1. The zero-order valence-corrected chi connectivity index (χ0v) is 9.73. The predicted molar refractivity (Wildman–Crippen MR) is 62.2 cm³/mol. The Morgan fingerprint density at radius 2 is 2.29 bits per heavy atom. The first kappa shape index (κ1) is 11.3. The molecule has 0 bridgehead atoms. The van der Waals surface area contributed by atoms with Gasteiger partial charge in [-0.2, -0.15) is 0 Å². The van der Waals surface area contributed by atoms with Gasteiger partial charge in [-0.15, -0.1) is 0 Å². The van der Waals surface area contributed by atoms with Crippen LogP contribution in [0.2, 0.25) is 0 Å². The fraction of sp³-hybridized carbons (Fsp3) is 0.100. The Kier molecular flexibility index (Phi) is 3.20. The molecular formula is C10H9N3O3S. The highest BCUT2D eigenvalue weighted by Gasteiger charge is 2.09. The lowest BCUT2D eigenvalue weighted by Crippen LogP contribution is -2.03. The van der Waals surface area contributed by atoms with Crippen LogP contribution in [0, 0.1) is 0 Å². The minimum atomic E-state index is -0.515. The van der Waals surface area contributed by atoms with Crippen molar-refractivity contribution in [2.24, 2.45) is 0 Å². The van der Waals surface area contributed by atoms with E-state index in [-0.39, 0.29) is 5.69 Å². The monoisotopic (exact) mass is 251 g/mol. The number of esters is 1. The van der Waals surface area contributed by atoms with Crippen molar-refractivity contribution in [2.45, 2.75) is 0 Å². The Bertz CT molecular complexity index is 541. The average molecular weight is 251 g/mol. The van der Waals surface area contributed by atoms with Gasteiger partial charge in [0.25, 0.3) is 0 Å². The van der Waals surface area contributed by atoms with Gasteiger partial charge >= 0.3 is 5.97 Å². The van der Waals surface area contributed by atoms with E-state index in [1.807, 2.05) is 0 Å². The smallest absolute Gasteiger partial charge is 0.356 e. The first-order valence-corrected chi connectivity index (χ1v) is 5.44. The van der Waals surface area contributed by atoms with Crippen LogP contribution in [0.3, 0.4) is 0 Å². The van der Waals surface area contributed by atoms with Gasteiger partial charge in [0.2, 0.25) is 5.06 Å². The van der Waals surface area contributed by atoms with Crippen molar-refractivity contribution in [1.29, 1.82) is 0 Å². The third kappa shape index (κ3) is 2.70. The molecule has 0 saturated heterocycles. The standard InChI is InChI=1S/C10H9N3O3S/c1-15-9(14)7-4-6(2-3-12-7)16-8-5-13-10(11)17-8/h2-5H,1H3,(H2,11,13). The van der Waals surface area contributed by atoms with Gasteiger partial charge in [-0.05, 0) is 6.07 Å². The minimum absolute atomic E-state index is 0.183. The van der Waals surface area contributed by atoms with Gasteiger partial charge in [0.15, 0.2) is 10.8 Å². The molecule has 2 heterocycles. The molecule has 0 amide bonds. The number of anilines is 1.